The normalized spacial score (nSPS) is 10.9. The van der Waals surface area contributed by atoms with Crippen molar-refractivity contribution in [3.63, 3.8) is 0 Å². The van der Waals surface area contributed by atoms with Crippen LogP contribution in [0.4, 0.5) is 0 Å². The predicted octanol–water partition coefficient (Wildman–Crippen LogP) is 4.16. The average Bonchev–Trinajstić information content (AvgIpc) is 3.11. The third-order valence-corrected chi connectivity index (χ3v) is 4.05. The summed E-state index contributed by atoms with van der Waals surface area (Å²) in [5.74, 6) is 0.284. The maximum absolute atomic E-state index is 12.2. The zero-order chi connectivity index (χ0) is 18.5. The first-order valence-electron chi connectivity index (χ1n) is 7.55. The Morgan fingerprint density at radius 3 is 2.85 bits per heavy atom. The van der Waals surface area contributed by atoms with Crippen molar-refractivity contribution in [2.24, 2.45) is 5.10 Å². The SMILES string of the molecule is COc1cccc(/C=N\NC(=O)c2cc(-c3ccc(Cl)cc3Cl)n[nH]2)c1. The molecule has 0 aliphatic heterocycles. The Balaban J connectivity index is 1.69. The molecule has 6 nitrogen and oxygen atoms in total. The van der Waals surface area contributed by atoms with Gasteiger partial charge in [0.05, 0.1) is 24.0 Å². The number of H-pyrrole nitrogens is 1. The Morgan fingerprint density at radius 1 is 1.23 bits per heavy atom. The van der Waals surface area contributed by atoms with E-state index in [1.807, 2.05) is 18.2 Å². The minimum Gasteiger partial charge on any atom is -0.497 e. The molecular weight excluding hydrogens is 375 g/mol. The number of amides is 1. The van der Waals surface area contributed by atoms with E-state index in [2.05, 4.69) is 20.7 Å². The van der Waals surface area contributed by atoms with Crippen molar-refractivity contribution in [1.29, 1.82) is 0 Å². The fourth-order valence-corrected chi connectivity index (χ4v) is 2.73. The van der Waals surface area contributed by atoms with Crippen molar-refractivity contribution in [2.45, 2.75) is 0 Å². The molecule has 0 aliphatic carbocycles. The number of hydrazone groups is 1. The molecule has 2 aromatic carbocycles. The predicted molar refractivity (Wildman–Crippen MR) is 102 cm³/mol. The number of carbonyl (C=O) groups excluding carboxylic acids is 1. The largest absolute Gasteiger partial charge is 0.497 e. The smallest absolute Gasteiger partial charge is 0.289 e. The molecule has 0 unspecified atom stereocenters. The van der Waals surface area contributed by atoms with E-state index >= 15 is 0 Å². The van der Waals surface area contributed by atoms with Gasteiger partial charge in [0.1, 0.15) is 11.4 Å². The van der Waals surface area contributed by atoms with E-state index in [9.17, 15) is 4.79 Å². The van der Waals surface area contributed by atoms with Crippen LogP contribution in [0.25, 0.3) is 11.3 Å². The van der Waals surface area contributed by atoms with E-state index < -0.39 is 5.91 Å². The standard InChI is InChI=1S/C18H14Cl2N4O2/c1-26-13-4-2-3-11(7-13)10-21-24-18(25)17-9-16(22-23-17)14-6-5-12(19)8-15(14)20/h2-10H,1H3,(H,22,23)(H,24,25)/b21-10-. The number of aromatic nitrogens is 2. The lowest BCUT2D eigenvalue weighted by molar-refractivity contribution is 0.0950. The Labute approximate surface area is 159 Å². The third-order valence-electron chi connectivity index (χ3n) is 3.50. The molecule has 8 heteroatoms. The summed E-state index contributed by atoms with van der Waals surface area (Å²) >= 11 is 12.0. The van der Waals surface area contributed by atoms with Crippen molar-refractivity contribution in [1.82, 2.24) is 15.6 Å². The van der Waals surface area contributed by atoms with Gasteiger partial charge in [0.25, 0.3) is 5.91 Å². The molecule has 2 N–H and O–H groups in total. The lowest BCUT2D eigenvalue weighted by Crippen LogP contribution is -2.18. The lowest BCUT2D eigenvalue weighted by Gasteiger charge is -2.00. The number of halogens is 2. The van der Waals surface area contributed by atoms with Gasteiger partial charge in [-0.25, -0.2) is 5.43 Å². The molecule has 0 radical (unpaired) electrons. The van der Waals surface area contributed by atoms with Crippen LogP contribution in [0.2, 0.25) is 10.0 Å². The second kappa shape index (κ2) is 8.03. The van der Waals surface area contributed by atoms with E-state index in [-0.39, 0.29) is 5.69 Å². The summed E-state index contributed by atoms with van der Waals surface area (Å²) in [7, 11) is 1.58. The van der Waals surface area contributed by atoms with Crippen LogP contribution in [-0.4, -0.2) is 29.4 Å². The van der Waals surface area contributed by atoms with Gasteiger partial charge < -0.3 is 4.74 Å². The van der Waals surface area contributed by atoms with Crippen LogP contribution in [0, 0.1) is 0 Å². The summed E-state index contributed by atoms with van der Waals surface area (Å²) in [4.78, 5) is 12.2. The topological polar surface area (TPSA) is 79.4 Å². The highest BCUT2D eigenvalue weighted by Gasteiger charge is 2.12. The third kappa shape index (κ3) is 4.22. The van der Waals surface area contributed by atoms with Crippen molar-refractivity contribution < 1.29 is 9.53 Å². The summed E-state index contributed by atoms with van der Waals surface area (Å²) in [6.07, 6.45) is 1.52. The molecule has 0 fully saturated rings. The summed E-state index contributed by atoms with van der Waals surface area (Å²) in [5, 5.41) is 11.7. The Kier molecular flexibility index (Phi) is 5.55. The van der Waals surface area contributed by atoms with Crippen molar-refractivity contribution in [2.75, 3.05) is 7.11 Å². The maximum atomic E-state index is 12.2. The average molecular weight is 389 g/mol. The molecule has 0 aliphatic rings. The zero-order valence-corrected chi connectivity index (χ0v) is 15.2. The minimum atomic E-state index is -0.423. The molecule has 1 heterocycles. The molecule has 26 heavy (non-hydrogen) atoms. The van der Waals surface area contributed by atoms with Crippen LogP contribution in [0.5, 0.6) is 5.75 Å². The van der Waals surface area contributed by atoms with Crippen LogP contribution in [0.15, 0.2) is 53.6 Å². The fraction of sp³-hybridized carbons (Fsp3) is 0.0556. The van der Waals surface area contributed by atoms with E-state index in [1.54, 1.807) is 37.4 Å². The summed E-state index contributed by atoms with van der Waals surface area (Å²) in [5.41, 5.74) is 4.70. The van der Waals surface area contributed by atoms with Crippen LogP contribution >= 0.6 is 23.2 Å². The van der Waals surface area contributed by atoms with Crippen LogP contribution in [-0.2, 0) is 0 Å². The molecule has 0 atom stereocenters. The van der Waals surface area contributed by atoms with Crippen LogP contribution < -0.4 is 10.2 Å². The fourth-order valence-electron chi connectivity index (χ4n) is 2.22. The first kappa shape index (κ1) is 18.0. The van der Waals surface area contributed by atoms with E-state index in [0.29, 0.717) is 27.1 Å². The molecule has 3 aromatic rings. The second-order valence-electron chi connectivity index (χ2n) is 5.27. The van der Waals surface area contributed by atoms with Crippen LogP contribution in [0.3, 0.4) is 0 Å². The number of hydrogen-bond donors (Lipinski definition) is 2. The van der Waals surface area contributed by atoms with Crippen molar-refractivity contribution >= 4 is 35.3 Å². The molecule has 1 aromatic heterocycles. The number of nitrogens with zero attached hydrogens (tertiary/aromatic N) is 2. The van der Waals surface area contributed by atoms with Gasteiger partial charge >= 0.3 is 0 Å². The molecule has 0 saturated carbocycles. The van der Waals surface area contributed by atoms with Crippen molar-refractivity contribution in [3.05, 3.63) is 69.8 Å². The Morgan fingerprint density at radius 2 is 2.08 bits per heavy atom. The number of ether oxygens (including phenoxy) is 1. The Hall–Kier alpha value is -2.83. The van der Waals surface area contributed by atoms with Gasteiger partial charge in [0.15, 0.2) is 0 Å². The molecular formula is C18H14Cl2N4O2. The Bertz CT molecular complexity index is 969. The number of carbonyl (C=O) groups is 1. The second-order valence-corrected chi connectivity index (χ2v) is 6.11. The van der Waals surface area contributed by atoms with Crippen LogP contribution in [0.1, 0.15) is 16.1 Å². The summed E-state index contributed by atoms with van der Waals surface area (Å²) < 4.78 is 5.13. The zero-order valence-electron chi connectivity index (χ0n) is 13.7. The monoisotopic (exact) mass is 388 g/mol. The highest BCUT2D eigenvalue weighted by atomic mass is 35.5. The van der Waals surface area contributed by atoms with Crippen molar-refractivity contribution in [3.8, 4) is 17.0 Å². The lowest BCUT2D eigenvalue weighted by atomic mass is 10.1. The highest BCUT2D eigenvalue weighted by Crippen LogP contribution is 2.29. The number of nitrogens with one attached hydrogen (secondary N) is 2. The number of aromatic amines is 1. The van der Waals surface area contributed by atoms with Gasteiger partial charge in [-0.05, 0) is 42.0 Å². The van der Waals surface area contributed by atoms with Gasteiger partial charge in [-0.2, -0.15) is 10.2 Å². The first-order valence-corrected chi connectivity index (χ1v) is 8.30. The molecule has 1 amide bonds. The van der Waals surface area contributed by atoms with E-state index in [1.165, 1.54) is 6.21 Å². The van der Waals surface area contributed by atoms with Gasteiger partial charge in [-0.1, -0.05) is 35.3 Å². The van der Waals surface area contributed by atoms with E-state index in [4.69, 9.17) is 27.9 Å². The quantitative estimate of drug-likeness (QED) is 0.508. The van der Waals surface area contributed by atoms with Gasteiger partial charge in [-0.15, -0.1) is 0 Å². The first-order chi connectivity index (χ1) is 12.6. The molecule has 0 spiro atoms. The minimum absolute atomic E-state index is 0.258. The molecule has 132 valence electrons. The number of rotatable bonds is 5. The number of hydrogen-bond acceptors (Lipinski definition) is 4. The maximum Gasteiger partial charge on any atom is 0.289 e. The summed E-state index contributed by atoms with van der Waals surface area (Å²) in [6.45, 7) is 0. The van der Waals surface area contributed by atoms with Gasteiger partial charge in [-0.3, -0.25) is 9.89 Å². The molecule has 0 bridgehead atoms. The number of benzene rings is 2. The van der Waals surface area contributed by atoms with Gasteiger partial charge in [0.2, 0.25) is 0 Å². The molecule has 3 rings (SSSR count). The van der Waals surface area contributed by atoms with E-state index in [0.717, 1.165) is 5.56 Å². The summed E-state index contributed by atoms with van der Waals surface area (Å²) in [6, 6.07) is 13.9. The molecule has 0 saturated heterocycles. The number of methoxy groups -OCH3 is 1. The highest BCUT2D eigenvalue weighted by molar-refractivity contribution is 6.36. The van der Waals surface area contributed by atoms with Gasteiger partial charge in [0, 0.05) is 10.6 Å².